The SMILES string of the molecule is C#CCOC(=O)NCCOCCOCCOCCOCCC(=O)OC(C)(C)C. The predicted molar refractivity (Wildman–Crippen MR) is 102 cm³/mol. The summed E-state index contributed by atoms with van der Waals surface area (Å²) in [5.41, 5.74) is -0.474. The van der Waals surface area contributed by atoms with Gasteiger partial charge in [-0.2, -0.15) is 0 Å². The lowest BCUT2D eigenvalue weighted by atomic mass is 10.2. The van der Waals surface area contributed by atoms with E-state index in [-0.39, 0.29) is 19.0 Å². The van der Waals surface area contributed by atoms with Crippen LogP contribution < -0.4 is 5.32 Å². The summed E-state index contributed by atoms with van der Waals surface area (Å²) >= 11 is 0. The molecule has 28 heavy (non-hydrogen) atoms. The highest BCUT2D eigenvalue weighted by molar-refractivity contribution is 5.69. The molecule has 0 aliphatic heterocycles. The van der Waals surface area contributed by atoms with Gasteiger partial charge in [-0.05, 0) is 20.8 Å². The first kappa shape index (κ1) is 26.1. The molecular weight excluding hydrogens is 370 g/mol. The van der Waals surface area contributed by atoms with Crippen molar-refractivity contribution in [1.82, 2.24) is 5.32 Å². The number of rotatable bonds is 16. The van der Waals surface area contributed by atoms with E-state index in [9.17, 15) is 9.59 Å². The first-order valence-corrected chi connectivity index (χ1v) is 9.22. The maximum atomic E-state index is 11.5. The molecule has 0 heterocycles. The third-order valence-electron chi connectivity index (χ3n) is 2.79. The van der Waals surface area contributed by atoms with Crippen molar-refractivity contribution in [2.24, 2.45) is 0 Å². The molecule has 1 amide bonds. The van der Waals surface area contributed by atoms with E-state index in [0.717, 1.165) is 0 Å². The fourth-order valence-electron chi connectivity index (χ4n) is 1.69. The van der Waals surface area contributed by atoms with Crippen LogP contribution in [0.15, 0.2) is 0 Å². The van der Waals surface area contributed by atoms with E-state index in [1.807, 2.05) is 20.8 Å². The van der Waals surface area contributed by atoms with Crippen LogP contribution in [0, 0.1) is 12.3 Å². The molecule has 0 aromatic heterocycles. The number of hydrogen-bond donors (Lipinski definition) is 1. The highest BCUT2D eigenvalue weighted by atomic mass is 16.6. The molecule has 0 radical (unpaired) electrons. The first-order valence-electron chi connectivity index (χ1n) is 9.22. The molecule has 0 unspecified atom stereocenters. The van der Waals surface area contributed by atoms with Crippen molar-refractivity contribution in [2.45, 2.75) is 32.8 Å². The number of alkyl carbamates (subject to hydrolysis) is 1. The largest absolute Gasteiger partial charge is 0.460 e. The highest BCUT2D eigenvalue weighted by Crippen LogP contribution is 2.07. The van der Waals surface area contributed by atoms with Crippen molar-refractivity contribution in [3.05, 3.63) is 0 Å². The van der Waals surface area contributed by atoms with Crippen LogP contribution in [0.4, 0.5) is 4.79 Å². The maximum absolute atomic E-state index is 11.5. The Hall–Kier alpha value is -1.86. The Morgan fingerprint density at radius 1 is 0.857 bits per heavy atom. The summed E-state index contributed by atoms with van der Waals surface area (Å²) < 4.78 is 31.0. The van der Waals surface area contributed by atoms with Crippen LogP contribution in [0.3, 0.4) is 0 Å². The lowest BCUT2D eigenvalue weighted by Crippen LogP contribution is -2.28. The smallest absolute Gasteiger partial charge is 0.408 e. The van der Waals surface area contributed by atoms with Crippen LogP contribution in [0.1, 0.15) is 27.2 Å². The number of carbonyl (C=O) groups is 2. The zero-order valence-electron chi connectivity index (χ0n) is 17.1. The molecule has 0 fully saturated rings. The van der Waals surface area contributed by atoms with Gasteiger partial charge in [0.1, 0.15) is 5.60 Å². The Bertz CT molecular complexity index is 456. The molecule has 1 N–H and O–H groups in total. The Kier molecular flexibility index (Phi) is 16.1. The maximum Gasteiger partial charge on any atom is 0.408 e. The van der Waals surface area contributed by atoms with Crippen molar-refractivity contribution in [2.75, 3.05) is 66.0 Å². The minimum absolute atomic E-state index is 0.0548. The molecule has 0 bridgehead atoms. The first-order chi connectivity index (χ1) is 13.3. The zero-order chi connectivity index (χ0) is 21.1. The average molecular weight is 403 g/mol. The van der Waals surface area contributed by atoms with E-state index >= 15 is 0 Å². The molecule has 9 heteroatoms. The van der Waals surface area contributed by atoms with E-state index in [1.54, 1.807) is 0 Å². The molecule has 0 aliphatic carbocycles. The van der Waals surface area contributed by atoms with Gasteiger partial charge in [0.05, 0.1) is 59.3 Å². The van der Waals surface area contributed by atoms with Crippen LogP contribution in [-0.4, -0.2) is 83.7 Å². The summed E-state index contributed by atoms with van der Waals surface area (Å²) in [6, 6.07) is 0. The zero-order valence-corrected chi connectivity index (χ0v) is 17.1. The van der Waals surface area contributed by atoms with Crippen molar-refractivity contribution in [1.29, 1.82) is 0 Å². The molecule has 0 rings (SSSR count). The fourth-order valence-corrected chi connectivity index (χ4v) is 1.69. The van der Waals surface area contributed by atoms with Crippen molar-refractivity contribution >= 4 is 12.1 Å². The highest BCUT2D eigenvalue weighted by Gasteiger charge is 2.15. The Morgan fingerprint density at radius 2 is 1.36 bits per heavy atom. The number of hydrogen-bond acceptors (Lipinski definition) is 8. The van der Waals surface area contributed by atoms with Gasteiger partial charge in [0, 0.05) is 6.54 Å². The van der Waals surface area contributed by atoms with Gasteiger partial charge in [0.15, 0.2) is 6.61 Å². The lowest BCUT2D eigenvalue weighted by Gasteiger charge is -2.19. The Balaban J connectivity index is 3.21. The normalized spacial score (nSPS) is 10.9. The summed E-state index contributed by atoms with van der Waals surface area (Å²) in [6.45, 7) is 8.97. The number of ether oxygens (including phenoxy) is 6. The average Bonchev–Trinajstić information content (AvgIpc) is 2.61. The van der Waals surface area contributed by atoms with E-state index < -0.39 is 11.7 Å². The summed E-state index contributed by atoms with van der Waals surface area (Å²) in [5, 5.41) is 2.49. The summed E-state index contributed by atoms with van der Waals surface area (Å²) in [4.78, 5) is 22.5. The molecule has 0 saturated carbocycles. The third kappa shape index (κ3) is 20.5. The predicted octanol–water partition coefficient (Wildman–Crippen LogP) is 1.14. The number of amides is 1. The molecule has 0 aromatic carbocycles. The topological polar surface area (TPSA) is 102 Å². The van der Waals surface area contributed by atoms with Gasteiger partial charge >= 0.3 is 12.1 Å². The molecule has 0 aromatic rings. The number of carbonyl (C=O) groups excluding carboxylic acids is 2. The summed E-state index contributed by atoms with van der Waals surface area (Å²) in [5.74, 6) is 1.92. The van der Waals surface area contributed by atoms with Crippen LogP contribution >= 0.6 is 0 Å². The monoisotopic (exact) mass is 403 g/mol. The second-order valence-corrected chi connectivity index (χ2v) is 6.49. The second-order valence-electron chi connectivity index (χ2n) is 6.49. The van der Waals surface area contributed by atoms with Crippen LogP contribution in [0.2, 0.25) is 0 Å². The molecule has 0 spiro atoms. The minimum atomic E-state index is -0.566. The van der Waals surface area contributed by atoms with Crippen LogP contribution in [0.5, 0.6) is 0 Å². The van der Waals surface area contributed by atoms with Gasteiger partial charge in [-0.1, -0.05) is 5.92 Å². The fraction of sp³-hybridized carbons (Fsp3) is 0.789. The third-order valence-corrected chi connectivity index (χ3v) is 2.79. The van der Waals surface area contributed by atoms with Gasteiger partial charge in [-0.3, -0.25) is 4.79 Å². The summed E-state index contributed by atoms with van der Waals surface area (Å²) in [7, 11) is 0. The molecule has 0 aliphatic rings. The van der Waals surface area contributed by atoms with Crippen LogP contribution in [0.25, 0.3) is 0 Å². The Labute approximate surface area is 167 Å². The minimum Gasteiger partial charge on any atom is -0.460 e. The van der Waals surface area contributed by atoms with E-state index in [0.29, 0.717) is 59.4 Å². The van der Waals surface area contributed by atoms with Crippen LogP contribution in [-0.2, 0) is 33.2 Å². The van der Waals surface area contributed by atoms with E-state index in [4.69, 9.17) is 30.1 Å². The number of nitrogens with one attached hydrogen (secondary N) is 1. The second kappa shape index (κ2) is 17.3. The lowest BCUT2D eigenvalue weighted by molar-refractivity contribution is -0.156. The molecule has 0 atom stereocenters. The van der Waals surface area contributed by atoms with Crippen molar-refractivity contribution in [3.63, 3.8) is 0 Å². The molecular formula is C19H33NO8. The Morgan fingerprint density at radius 3 is 1.86 bits per heavy atom. The van der Waals surface area contributed by atoms with Gasteiger partial charge in [0.25, 0.3) is 0 Å². The number of terminal acetylenes is 1. The van der Waals surface area contributed by atoms with Gasteiger partial charge in [-0.25, -0.2) is 4.79 Å². The van der Waals surface area contributed by atoms with E-state index in [2.05, 4.69) is 16.0 Å². The molecule has 0 saturated heterocycles. The van der Waals surface area contributed by atoms with E-state index in [1.165, 1.54) is 0 Å². The van der Waals surface area contributed by atoms with Crippen molar-refractivity contribution in [3.8, 4) is 12.3 Å². The quantitative estimate of drug-likeness (QED) is 0.233. The van der Waals surface area contributed by atoms with Gasteiger partial charge in [-0.15, -0.1) is 6.42 Å². The summed E-state index contributed by atoms with van der Waals surface area (Å²) in [6.07, 6.45) is 4.62. The number of esters is 1. The molecule has 162 valence electrons. The van der Waals surface area contributed by atoms with Gasteiger partial charge < -0.3 is 33.7 Å². The van der Waals surface area contributed by atoms with Gasteiger partial charge in [0.2, 0.25) is 0 Å². The molecule has 9 nitrogen and oxygen atoms in total. The standard InChI is InChI=1S/C19H33NO8/c1-5-8-27-18(22)20-7-10-24-12-14-26-16-15-25-13-11-23-9-6-17(21)28-19(2,3)4/h1H,6-16H2,2-4H3,(H,20,22). The van der Waals surface area contributed by atoms with Crippen molar-refractivity contribution < 1.29 is 38.0 Å².